The van der Waals surface area contributed by atoms with E-state index < -0.39 is 34.6 Å². The molecule has 0 spiro atoms. The Hall–Kier alpha value is -1.13. The molecule has 0 nitrogen and oxygen atoms in total. The van der Waals surface area contributed by atoms with Gasteiger partial charge >= 0.3 is 0 Å². The molecule has 0 aromatic heterocycles. The van der Waals surface area contributed by atoms with Gasteiger partial charge in [-0.3, -0.25) is 0 Å². The largest absolute Gasteiger partial charge is 0.203 e. The molecule has 0 heterocycles. The first kappa shape index (κ1) is 13.9. The number of unbranched alkanes of at least 4 members (excludes halogenated alkanes) is 3. The summed E-state index contributed by atoms with van der Waals surface area (Å²) in [7, 11) is 0. The molecule has 0 atom stereocenters. The fraction of sp³-hybridized carbons (Fsp3) is 0.500. The summed E-state index contributed by atoms with van der Waals surface area (Å²) in [6.45, 7) is 1.96. The van der Waals surface area contributed by atoms with Crippen molar-refractivity contribution >= 4 is 0 Å². The van der Waals surface area contributed by atoms with Crippen molar-refractivity contribution in [2.24, 2.45) is 0 Å². The van der Waals surface area contributed by atoms with Crippen LogP contribution in [0.15, 0.2) is 0 Å². The summed E-state index contributed by atoms with van der Waals surface area (Å²) >= 11 is 0. The highest BCUT2D eigenvalue weighted by Crippen LogP contribution is 2.24. The molecule has 1 aromatic rings. The van der Waals surface area contributed by atoms with E-state index in [0.717, 1.165) is 12.8 Å². The Kier molecular flexibility index (Phi) is 4.90. The van der Waals surface area contributed by atoms with Crippen molar-refractivity contribution in [3.8, 4) is 0 Å². The summed E-state index contributed by atoms with van der Waals surface area (Å²) in [5.41, 5.74) is -0.711. The van der Waals surface area contributed by atoms with Crippen LogP contribution in [0.25, 0.3) is 0 Å². The standard InChI is InChI=1S/C12H13F5/c1-2-3-4-5-6-7-8(13)10(15)12(17)11(16)9(7)14/h2-6H2,1H3. The molecular formula is C12H13F5. The van der Waals surface area contributed by atoms with Crippen LogP contribution in [0.4, 0.5) is 22.0 Å². The Balaban J connectivity index is 2.92. The van der Waals surface area contributed by atoms with Gasteiger partial charge in [0.05, 0.1) is 0 Å². The summed E-state index contributed by atoms with van der Waals surface area (Å²) in [5.74, 6) is -9.25. The summed E-state index contributed by atoms with van der Waals surface area (Å²) in [5, 5.41) is 0. The predicted octanol–water partition coefficient (Wildman–Crippen LogP) is 4.50. The number of hydrogen-bond donors (Lipinski definition) is 0. The Morgan fingerprint density at radius 3 is 1.59 bits per heavy atom. The monoisotopic (exact) mass is 252 g/mol. The summed E-state index contributed by atoms with van der Waals surface area (Å²) in [6, 6.07) is 0. The van der Waals surface area contributed by atoms with Crippen molar-refractivity contribution < 1.29 is 22.0 Å². The van der Waals surface area contributed by atoms with E-state index in [-0.39, 0.29) is 6.42 Å². The van der Waals surface area contributed by atoms with Crippen LogP contribution in [-0.4, -0.2) is 0 Å². The quantitative estimate of drug-likeness (QED) is 0.313. The van der Waals surface area contributed by atoms with Crippen molar-refractivity contribution in [2.45, 2.75) is 39.0 Å². The van der Waals surface area contributed by atoms with Gasteiger partial charge in [-0.2, -0.15) is 0 Å². The van der Waals surface area contributed by atoms with E-state index in [9.17, 15) is 22.0 Å². The topological polar surface area (TPSA) is 0 Å². The zero-order chi connectivity index (χ0) is 13.0. The van der Waals surface area contributed by atoms with Gasteiger partial charge in [0, 0.05) is 5.56 Å². The fourth-order valence-corrected chi connectivity index (χ4v) is 1.60. The lowest BCUT2D eigenvalue weighted by Crippen LogP contribution is -2.07. The van der Waals surface area contributed by atoms with Crippen molar-refractivity contribution in [1.29, 1.82) is 0 Å². The first-order chi connectivity index (χ1) is 8.00. The maximum atomic E-state index is 13.2. The van der Waals surface area contributed by atoms with E-state index >= 15 is 0 Å². The van der Waals surface area contributed by atoms with Crippen LogP contribution in [-0.2, 0) is 6.42 Å². The van der Waals surface area contributed by atoms with Crippen molar-refractivity contribution in [1.82, 2.24) is 0 Å². The molecule has 5 heteroatoms. The number of hydrogen-bond acceptors (Lipinski definition) is 0. The van der Waals surface area contributed by atoms with Crippen molar-refractivity contribution in [3.05, 3.63) is 34.6 Å². The first-order valence-electron chi connectivity index (χ1n) is 5.51. The Morgan fingerprint density at radius 2 is 1.12 bits per heavy atom. The van der Waals surface area contributed by atoms with Crippen LogP contribution in [0.3, 0.4) is 0 Å². The number of halogens is 5. The molecule has 17 heavy (non-hydrogen) atoms. The predicted molar refractivity (Wildman–Crippen MR) is 54.1 cm³/mol. The Bertz CT molecular complexity index is 371. The lowest BCUT2D eigenvalue weighted by Gasteiger charge is -2.07. The zero-order valence-electron chi connectivity index (χ0n) is 9.43. The molecule has 0 N–H and O–H groups in total. The molecule has 96 valence electrons. The lowest BCUT2D eigenvalue weighted by molar-refractivity contribution is 0.368. The van der Waals surface area contributed by atoms with Crippen LogP contribution in [0.5, 0.6) is 0 Å². The van der Waals surface area contributed by atoms with Crippen molar-refractivity contribution in [2.75, 3.05) is 0 Å². The van der Waals surface area contributed by atoms with Crippen LogP contribution in [0, 0.1) is 29.1 Å². The maximum Gasteiger partial charge on any atom is 0.200 e. The lowest BCUT2D eigenvalue weighted by atomic mass is 10.0. The van der Waals surface area contributed by atoms with Gasteiger partial charge in [0.25, 0.3) is 0 Å². The third-order valence-electron chi connectivity index (χ3n) is 2.58. The summed E-state index contributed by atoms with van der Waals surface area (Å²) < 4.78 is 64.7. The minimum absolute atomic E-state index is 0.133. The third-order valence-corrected chi connectivity index (χ3v) is 2.58. The highest BCUT2D eigenvalue weighted by Gasteiger charge is 2.24. The highest BCUT2D eigenvalue weighted by atomic mass is 19.2. The molecule has 0 radical (unpaired) electrons. The average molecular weight is 252 g/mol. The van der Waals surface area contributed by atoms with E-state index in [2.05, 4.69) is 0 Å². The molecule has 1 rings (SSSR count). The minimum Gasteiger partial charge on any atom is -0.203 e. The highest BCUT2D eigenvalue weighted by molar-refractivity contribution is 5.24. The molecular weight excluding hydrogens is 239 g/mol. The SMILES string of the molecule is CCCCCCc1c(F)c(F)c(F)c(F)c1F. The Labute approximate surface area is 96.4 Å². The van der Waals surface area contributed by atoms with E-state index in [1.54, 1.807) is 0 Å². The number of benzene rings is 1. The second kappa shape index (κ2) is 5.98. The molecule has 1 aromatic carbocycles. The smallest absolute Gasteiger partial charge is 0.200 e. The summed E-state index contributed by atoms with van der Waals surface area (Å²) in [6.07, 6.45) is 2.78. The van der Waals surface area contributed by atoms with E-state index in [1.165, 1.54) is 0 Å². The molecule has 0 saturated carbocycles. The molecule has 0 saturated heterocycles. The molecule has 0 bridgehead atoms. The van der Waals surface area contributed by atoms with Gasteiger partial charge in [0.1, 0.15) is 0 Å². The van der Waals surface area contributed by atoms with Crippen LogP contribution < -0.4 is 0 Å². The third kappa shape index (κ3) is 2.96. The van der Waals surface area contributed by atoms with E-state index in [0.29, 0.717) is 12.8 Å². The van der Waals surface area contributed by atoms with Gasteiger partial charge in [0.15, 0.2) is 23.3 Å². The van der Waals surface area contributed by atoms with Crippen LogP contribution in [0.1, 0.15) is 38.2 Å². The molecule has 0 aliphatic rings. The molecule has 0 fully saturated rings. The fourth-order valence-electron chi connectivity index (χ4n) is 1.60. The van der Waals surface area contributed by atoms with Gasteiger partial charge in [-0.15, -0.1) is 0 Å². The van der Waals surface area contributed by atoms with Gasteiger partial charge in [-0.25, -0.2) is 22.0 Å². The van der Waals surface area contributed by atoms with Gasteiger partial charge in [-0.1, -0.05) is 26.2 Å². The average Bonchev–Trinajstić information content (AvgIpc) is 2.33. The minimum atomic E-state index is -2.10. The second-order valence-corrected chi connectivity index (χ2v) is 3.86. The zero-order valence-corrected chi connectivity index (χ0v) is 9.43. The molecule has 0 aliphatic carbocycles. The van der Waals surface area contributed by atoms with E-state index in [1.807, 2.05) is 6.92 Å². The van der Waals surface area contributed by atoms with Crippen molar-refractivity contribution in [3.63, 3.8) is 0 Å². The van der Waals surface area contributed by atoms with Gasteiger partial charge in [-0.05, 0) is 12.8 Å². The second-order valence-electron chi connectivity index (χ2n) is 3.86. The number of rotatable bonds is 5. The van der Waals surface area contributed by atoms with Crippen LogP contribution >= 0.6 is 0 Å². The summed E-state index contributed by atoms with van der Waals surface area (Å²) in [4.78, 5) is 0. The first-order valence-corrected chi connectivity index (χ1v) is 5.51. The van der Waals surface area contributed by atoms with Gasteiger partial charge < -0.3 is 0 Å². The molecule has 0 aliphatic heterocycles. The molecule has 0 amide bonds. The molecule has 0 unspecified atom stereocenters. The normalized spacial score (nSPS) is 10.9. The van der Waals surface area contributed by atoms with Gasteiger partial charge in [0.2, 0.25) is 5.82 Å². The van der Waals surface area contributed by atoms with Crippen LogP contribution in [0.2, 0.25) is 0 Å². The Morgan fingerprint density at radius 1 is 0.647 bits per heavy atom. The maximum absolute atomic E-state index is 13.2. The van der Waals surface area contributed by atoms with E-state index in [4.69, 9.17) is 0 Å².